The van der Waals surface area contributed by atoms with Crippen molar-refractivity contribution in [3.63, 3.8) is 0 Å². The van der Waals surface area contributed by atoms with E-state index in [-0.39, 0.29) is 0 Å². The third-order valence-corrected chi connectivity index (χ3v) is 2.52. The molecule has 0 radical (unpaired) electrons. The van der Waals surface area contributed by atoms with Crippen LogP contribution in [0.3, 0.4) is 0 Å². The maximum absolute atomic E-state index is 10.9. The number of methoxy groups -OCH3 is 1. The fourth-order valence-electron chi connectivity index (χ4n) is 0.649. The Morgan fingerprint density at radius 3 is 2.82 bits per heavy atom. The summed E-state index contributed by atoms with van der Waals surface area (Å²) in [4.78, 5) is 14.8. The van der Waals surface area contributed by atoms with Gasteiger partial charge in [-0.15, -0.1) is 0 Å². The molecule has 0 saturated carbocycles. The smallest absolute Gasteiger partial charge is 0.359 e. The van der Waals surface area contributed by atoms with Gasteiger partial charge in [-0.25, -0.2) is 9.78 Å². The van der Waals surface area contributed by atoms with E-state index in [1.807, 2.05) is 29.6 Å². The minimum Gasteiger partial charge on any atom is -0.464 e. The first-order chi connectivity index (χ1) is 5.16. The van der Waals surface area contributed by atoms with E-state index in [9.17, 15) is 4.79 Å². The summed E-state index contributed by atoms with van der Waals surface area (Å²) < 4.78 is 7.05. The third-order valence-electron chi connectivity index (χ3n) is 1.24. The Hall–Kier alpha value is -0.590. The van der Waals surface area contributed by atoms with Gasteiger partial charge in [0.15, 0.2) is 5.69 Å². The Balaban J connectivity index is 3.04. The molecule has 1 heterocycles. The number of hydrogen-bond acceptors (Lipinski definition) is 3. The second kappa shape index (κ2) is 3.21. The summed E-state index contributed by atoms with van der Waals surface area (Å²) in [5, 5.41) is 0. The zero-order valence-corrected chi connectivity index (χ0v) is 8.32. The first-order valence-electron chi connectivity index (χ1n) is 2.92. The molecule has 60 valence electrons. The molecule has 0 N–H and O–H groups in total. The van der Waals surface area contributed by atoms with Crippen molar-refractivity contribution >= 4 is 28.6 Å². The van der Waals surface area contributed by atoms with Crippen LogP contribution in [0.4, 0.5) is 0 Å². The quantitative estimate of drug-likeness (QED) is 0.558. The predicted molar refractivity (Wildman–Crippen MR) is 47.3 cm³/mol. The van der Waals surface area contributed by atoms with E-state index in [1.54, 1.807) is 10.9 Å². The number of rotatable bonds is 1. The van der Waals surface area contributed by atoms with Crippen LogP contribution in [-0.4, -0.2) is 22.6 Å². The summed E-state index contributed by atoms with van der Waals surface area (Å²) in [5.74, 6) is -0.394. The van der Waals surface area contributed by atoms with Gasteiger partial charge in [0.25, 0.3) is 0 Å². The standard InChI is InChI=1S/C6H7IN2O2/c1-9-3-8-4(5(9)7)6(10)11-2/h3H,1-2H3. The van der Waals surface area contributed by atoms with Crippen LogP contribution in [-0.2, 0) is 11.8 Å². The summed E-state index contributed by atoms with van der Waals surface area (Å²) in [6.45, 7) is 0. The summed E-state index contributed by atoms with van der Waals surface area (Å²) in [7, 11) is 3.16. The van der Waals surface area contributed by atoms with Crippen molar-refractivity contribution in [2.75, 3.05) is 7.11 Å². The lowest BCUT2D eigenvalue weighted by atomic mass is 10.5. The summed E-state index contributed by atoms with van der Waals surface area (Å²) in [6.07, 6.45) is 1.58. The molecular weight excluding hydrogens is 259 g/mol. The maximum Gasteiger partial charge on any atom is 0.359 e. The van der Waals surface area contributed by atoms with Gasteiger partial charge in [0.1, 0.15) is 3.70 Å². The average Bonchev–Trinajstić information content (AvgIpc) is 2.32. The molecule has 1 aromatic rings. The molecule has 11 heavy (non-hydrogen) atoms. The number of imidazole rings is 1. The van der Waals surface area contributed by atoms with E-state index in [0.717, 1.165) is 3.70 Å². The first-order valence-corrected chi connectivity index (χ1v) is 4.00. The molecule has 0 fully saturated rings. The van der Waals surface area contributed by atoms with Crippen LogP contribution >= 0.6 is 22.6 Å². The highest BCUT2D eigenvalue weighted by Crippen LogP contribution is 2.09. The predicted octanol–water partition coefficient (Wildman–Crippen LogP) is 0.811. The topological polar surface area (TPSA) is 44.1 Å². The van der Waals surface area contributed by atoms with E-state index in [2.05, 4.69) is 9.72 Å². The summed E-state index contributed by atoms with van der Waals surface area (Å²) >= 11 is 2.04. The van der Waals surface area contributed by atoms with Crippen LogP contribution < -0.4 is 0 Å². The third kappa shape index (κ3) is 1.52. The molecule has 0 atom stereocenters. The second-order valence-electron chi connectivity index (χ2n) is 1.99. The fourth-order valence-corrected chi connectivity index (χ4v) is 1.13. The Kier molecular flexibility index (Phi) is 2.48. The van der Waals surface area contributed by atoms with E-state index in [1.165, 1.54) is 7.11 Å². The molecule has 0 bridgehead atoms. The number of carbonyl (C=O) groups is 1. The molecule has 0 aromatic carbocycles. The number of ether oxygens (including phenoxy) is 1. The molecule has 1 aromatic heterocycles. The molecule has 0 unspecified atom stereocenters. The van der Waals surface area contributed by atoms with Gasteiger partial charge < -0.3 is 9.30 Å². The summed E-state index contributed by atoms with van der Waals surface area (Å²) in [6, 6.07) is 0. The van der Waals surface area contributed by atoms with Gasteiger partial charge in [-0.1, -0.05) is 0 Å². The number of esters is 1. The molecule has 0 aliphatic heterocycles. The van der Waals surface area contributed by atoms with E-state index < -0.39 is 5.97 Å². The van der Waals surface area contributed by atoms with Gasteiger partial charge in [-0.2, -0.15) is 0 Å². The van der Waals surface area contributed by atoms with Gasteiger partial charge in [0.2, 0.25) is 0 Å². The largest absolute Gasteiger partial charge is 0.464 e. The van der Waals surface area contributed by atoms with Crippen molar-refractivity contribution in [3.8, 4) is 0 Å². The monoisotopic (exact) mass is 266 g/mol. The van der Waals surface area contributed by atoms with Crippen molar-refractivity contribution in [1.29, 1.82) is 0 Å². The van der Waals surface area contributed by atoms with Crippen molar-refractivity contribution in [2.45, 2.75) is 0 Å². The number of halogens is 1. The van der Waals surface area contributed by atoms with Crippen LogP contribution in [0.15, 0.2) is 6.33 Å². The number of aromatic nitrogens is 2. The Bertz CT molecular complexity index is 282. The van der Waals surface area contributed by atoms with Gasteiger partial charge in [-0.3, -0.25) is 0 Å². The van der Waals surface area contributed by atoms with Gasteiger partial charge in [-0.05, 0) is 22.6 Å². The van der Waals surface area contributed by atoms with Crippen molar-refractivity contribution in [1.82, 2.24) is 9.55 Å². The van der Waals surface area contributed by atoms with Crippen molar-refractivity contribution < 1.29 is 9.53 Å². The van der Waals surface area contributed by atoms with Gasteiger partial charge >= 0.3 is 5.97 Å². The number of hydrogen-bond donors (Lipinski definition) is 0. The second-order valence-corrected chi connectivity index (χ2v) is 3.01. The molecule has 0 saturated heterocycles. The maximum atomic E-state index is 10.9. The van der Waals surface area contributed by atoms with Gasteiger partial charge in [0, 0.05) is 7.05 Å². The minimum absolute atomic E-state index is 0.371. The Morgan fingerprint density at radius 1 is 1.82 bits per heavy atom. The van der Waals surface area contributed by atoms with E-state index in [4.69, 9.17) is 0 Å². The zero-order valence-electron chi connectivity index (χ0n) is 6.17. The highest BCUT2D eigenvalue weighted by atomic mass is 127. The molecule has 0 spiro atoms. The lowest BCUT2D eigenvalue weighted by Crippen LogP contribution is -2.04. The van der Waals surface area contributed by atoms with Crippen LogP contribution in [0.2, 0.25) is 0 Å². The van der Waals surface area contributed by atoms with Crippen molar-refractivity contribution in [3.05, 3.63) is 15.7 Å². The average molecular weight is 266 g/mol. The van der Waals surface area contributed by atoms with Crippen LogP contribution in [0.25, 0.3) is 0 Å². The minimum atomic E-state index is -0.394. The van der Waals surface area contributed by atoms with Crippen LogP contribution in [0.1, 0.15) is 10.5 Å². The fraction of sp³-hybridized carbons (Fsp3) is 0.333. The SMILES string of the molecule is COC(=O)c1ncn(C)c1I. The van der Waals surface area contributed by atoms with Crippen LogP contribution in [0.5, 0.6) is 0 Å². The molecular formula is C6H7IN2O2. The number of aryl methyl sites for hydroxylation is 1. The molecule has 1 rings (SSSR count). The molecule has 0 aliphatic rings. The lowest BCUT2D eigenvalue weighted by Gasteiger charge is -1.95. The highest BCUT2D eigenvalue weighted by Gasteiger charge is 2.13. The Morgan fingerprint density at radius 2 is 2.45 bits per heavy atom. The van der Waals surface area contributed by atoms with E-state index in [0.29, 0.717) is 5.69 Å². The lowest BCUT2D eigenvalue weighted by molar-refractivity contribution is 0.0593. The van der Waals surface area contributed by atoms with Gasteiger partial charge in [0.05, 0.1) is 13.4 Å². The number of nitrogens with zero attached hydrogens (tertiary/aromatic N) is 2. The highest BCUT2D eigenvalue weighted by molar-refractivity contribution is 14.1. The van der Waals surface area contributed by atoms with E-state index >= 15 is 0 Å². The first kappa shape index (κ1) is 8.51. The molecule has 4 nitrogen and oxygen atoms in total. The zero-order chi connectivity index (χ0) is 8.43. The molecule has 0 aliphatic carbocycles. The van der Waals surface area contributed by atoms with Crippen molar-refractivity contribution in [2.24, 2.45) is 7.05 Å². The normalized spacial score (nSPS) is 9.73. The molecule has 0 amide bonds. The summed E-state index contributed by atoms with van der Waals surface area (Å²) in [5.41, 5.74) is 0.371. The Labute approximate surface area is 77.7 Å². The number of carbonyl (C=O) groups excluding carboxylic acids is 1. The van der Waals surface area contributed by atoms with Crippen LogP contribution in [0, 0.1) is 3.70 Å². The molecule has 5 heteroatoms.